The molecule has 0 bridgehead atoms. The van der Waals surface area contributed by atoms with Crippen LogP contribution in [0, 0.1) is 0 Å². The molecule has 0 amide bonds. The minimum Gasteiger partial charge on any atom is -0.458 e. The minimum absolute atomic E-state index is 0.101. The molecule has 5 heteroatoms. The lowest BCUT2D eigenvalue weighted by molar-refractivity contribution is -0.144. The quantitative estimate of drug-likeness (QED) is 0.804. The summed E-state index contributed by atoms with van der Waals surface area (Å²) in [5.74, 6) is -0.129. The molecular weight excluding hydrogens is 272 g/mol. The molecule has 0 saturated heterocycles. The van der Waals surface area contributed by atoms with Gasteiger partial charge in [-0.1, -0.05) is 13.8 Å². The number of carbonyl (C=O) groups excluding carboxylic acids is 3. The summed E-state index contributed by atoms with van der Waals surface area (Å²) in [5.41, 5.74) is 1.56. The van der Waals surface area contributed by atoms with Gasteiger partial charge >= 0.3 is 5.97 Å². The van der Waals surface area contributed by atoms with Crippen LogP contribution < -0.4 is 0 Å². The van der Waals surface area contributed by atoms with E-state index in [9.17, 15) is 14.4 Å². The maximum Gasteiger partial charge on any atom is 0.303 e. The summed E-state index contributed by atoms with van der Waals surface area (Å²) in [6.45, 7) is 5.18. The van der Waals surface area contributed by atoms with Gasteiger partial charge in [0.2, 0.25) is 0 Å². The van der Waals surface area contributed by atoms with Crippen LogP contribution >= 0.6 is 0 Å². The lowest BCUT2D eigenvalue weighted by Crippen LogP contribution is -2.12. The fourth-order valence-corrected chi connectivity index (χ4v) is 2.31. The Morgan fingerprint density at radius 3 is 2.00 bits per heavy atom. The van der Waals surface area contributed by atoms with Gasteiger partial charge in [0.05, 0.1) is 12.5 Å². The molecule has 0 spiro atoms. The molecule has 2 aliphatic carbocycles. The lowest BCUT2D eigenvalue weighted by atomic mass is 10.2. The normalized spacial score (nSPS) is 24.2. The van der Waals surface area contributed by atoms with E-state index in [0.29, 0.717) is 12.8 Å². The number of ketones is 2. The highest BCUT2D eigenvalue weighted by molar-refractivity contribution is 5.98. The predicted molar refractivity (Wildman–Crippen MR) is 77.6 cm³/mol. The monoisotopic (exact) mass is 294 g/mol. The number of aliphatic hydroxyl groups excluding tert-OH is 1. The molecule has 2 rings (SSSR count). The van der Waals surface area contributed by atoms with Crippen molar-refractivity contribution in [1.82, 2.24) is 0 Å². The first-order valence-electron chi connectivity index (χ1n) is 7.20. The lowest BCUT2D eigenvalue weighted by Gasteiger charge is -2.05. The number of hydrogen-bond donors (Lipinski definition) is 1. The van der Waals surface area contributed by atoms with Gasteiger partial charge in [0.25, 0.3) is 0 Å². The Hall–Kier alpha value is -1.75. The summed E-state index contributed by atoms with van der Waals surface area (Å²) >= 11 is 0. The summed E-state index contributed by atoms with van der Waals surface area (Å²) in [5, 5.41) is 8.90. The Morgan fingerprint density at radius 1 is 1.14 bits per heavy atom. The third kappa shape index (κ3) is 5.27. The summed E-state index contributed by atoms with van der Waals surface area (Å²) in [7, 11) is 0. The van der Waals surface area contributed by atoms with E-state index in [1.807, 2.05) is 13.8 Å². The Balaban J connectivity index is 0.000000219. The molecule has 0 saturated carbocycles. The number of carbonyl (C=O) groups is 3. The number of Topliss-reactive ketones (excluding diaryl/α,β-unsaturated/α-hetero) is 2. The van der Waals surface area contributed by atoms with Gasteiger partial charge in [-0.3, -0.25) is 14.4 Å². The minimum atomic E-state index is -0.507. The second-order valence-corrected chi connectivity index (χ2v) is 5.06. The molecule has 2 atom stereocenters. The highest BCUT2D eigenvalue weighted by Crippen LogP contribution is 2.19. The fraction of sp³-hybridized carbons (Fsp3) is 0.562. The maximum atomic E-state index is 11.1. The van der Waals surface area contributed by atoms with Crippen molar-refractivity contribution in [3.05, 3.63) is 23.3 Å². The largest absolute Gasteiger partial charge is 0.458 e. The summed E-state index contributed by atoms with van der Waals surface area (Å²) in [6, 6.07) is 0. The van der Waals surface area contributed by atoms with Crippen LogP contribution in [0.25, 0.3) is 0 Å². The maximum absolute atomic E-state index is 11.1. The molecular formula is C16H22O5. The van der Waals surface area contributed by atoms with E-state index >= 15 is 0 Å². The first-order chi connectivity index (χ1) is 9.87. The van der Waals surface area contributed by atoms with Crippen LogP contribution in [0.4, 0.5) is 0 Å². The van der Waals surface area contributed by atoms with E-state index < -0.39 is 6.10 Å². The van der Waals surface area contributed by atoms with Gasteiger partial charge in [-0.25, -0.2) is 0 Å². The zero-order valence-corrected chi connectivity index (χ0v) is 12.7. The molecule has 0 radical (unpaired) electrons. The molecule has 0 heterocycles. The van der Waals surface area contributed by atoms with Crippen molar-refractivity contribution in [2.45, 2.75) is 58.7 Å². The van der Waals surface area contributed by atoms with Crippen LogP contribution in [-0.4, -0.2) is 34.9 Å². The van der Waals surface area contributed by atoms with Crippen LogP contribution in [-0.2, 0) is 19.1 Å². The van der Waals surface area contributed by atoms with Gasteiger partial charge in [-0.05, 0) is 36.1 Å². The second kappa shape index (κ2) is 7.88. The smallest absolute Gasteiger partial charge is 0.303 e. The second-order valence-electron chi connectivity index (χ2n) is 5.06. The molecule has 1 N–H and O–H groups in total. The van der Waals surface area contributed by atoms with E-state index in [1.54, 1.807) is 12.2 Å². The van der Waals surface area contributed by atoms with E-state index in [-0.39, 0.29) is 23.6 Å². The van der Waals surface area contributed by atoms with Gasteiger partial charge in [-0.2, -0.15) is 0 Å². The van der Waals surface area contributed by atoms with Crippen LogP contribution in [0.15, 0.2) is 23.3 Å². The zero-order chi connectivity index (χ0) is 16.0. The van der Waals surface area contributed by atoms with Crippen LogP contribution in [0.5, 0.6) is 0 Å². The standard InChI is InChI=1S/C9H12O3.C7H10O2/c1-3-7-4-8(5-9(7)11)12-6(2)10;1-2-5-3-6(8)4-7(5)9/h4,8H,3,5H2,1-2H3;3,6,8H,2,4H2,1H3/t8-;6-/m01/s1. The van der Waals surface area contributed by atoms with Crippen molar-refractivity contribution in [1.29, 1.82) is 0 Å². The van der Waals surface area contributed by atoms with Crippen molar-refractivity contribution in [2.24, 2.45) is 0 Å². The molecule has 0 fully saturated rings. The van der Waals surface area contributed by atoms with E-state index in [0.717, 1.165) is 24.0 Å². The molecule has 2 aliphatic rings. The Kier molecular flexibility index (Phi) is 6.49. The number of ether oxygens (including phenoxy) is 1. The van der Waals surface area contributed by atoms with Gasteiger partial charge in [0.15, 0.2) is 11.6 Å². The molecule has 0 unspecified atom stereocenters. The van der Waals surface area contributed by atoms with Gasteiger partial charge in [0, 0.05) is 13.3 Å². The number of hydrogen-bond acceptors (Lipinski definition) is 5. The third-order valence-electron chi connectivity index (χ3n) is 3.36. The summed E-state index contributed by atoms with van der Waals surface area (Å²) in [4.78, 5) is 32.5. The molecule has 5 nitrogen and oxygen atoms in total. The van der Waals surface area contributed by atoms with Crippen molar-refractivity contribution < 1.29 is 24.2 Å². The van der Waals surface area contributed by atoms with Gasteiger partial charge in [-0.15, -0.1) is 0 Å². The van der Waals surface area contributed by atoms with Crippen molar-refractivity contribution in [3.8, 4) is 0 Å². The first kappa shape index (κ1) is 17.3. The molecule has 0 aromatic carbocycles. The highest BCUT2D eigenvalue weighted by Gasteiger charge is 2.24. The van der Waals surface area contributed by atoms with Crippen molar-refractivity contribution in [3.63, 3.8) is 0 Å². The molecule has 0 aliphatic heterocycles. The first-order valence-corrected chi connectivity index (χ1v) is 7.20. The fourth-order valence-electron chi connectivity index (χ4n) is 2.31. The molecule has 0 aromatic rings. The summed E-state index contributed by atoms with van der Waals surface area (Å²) in [6.07, 6.45) is 4.64. The predicted octanol–water partition coefficient (Wildman–Crippen LogP) is 1.88. The van der Waals surface area contributed by atoms with Gasteiger partial charge in [0.1, 0.15) is 6.10 Å². The number of aliphatic hydroxyl groups is 1. The molecule has 116 valence electrons. The van der Waals surface area contributed by atoms with E-state index in [2.05, 4.69) is 0 Å². The van der Waals surface area contributed by atoms with E-state index in [4.69, 9.17) is 9.84 Å². The Labute approximate surface area is 124 Å². The third-order valence-corrected chi connectivity index (χ3v) is 3.36. The van der Waals surface area contributed by atoms with Crippen LogP contribution in [0.1, 0.15) is 46.5 Å². The Bertz CT molecular complexity index is 487. The van der Waals surface area contributed by atoms with Gasteiger partial charge < -0.3 is 9.84 Å². The highest BCUT2D eigenvalue weighted by atomic mass is 16.5. The van der Waals surface area contributed by atoms with Crippen LogP contribution in [0.2, 0.25) is 0 Å². The average molecular weight is 294 g/mol. The zero-order valence-electron chi connectivity index (χ0n) is 12.7. The van der Waals surface area contributed by atoms with Crippen molar-refractivity contribution >= 4 is 17.5 Å². The summed E-state index contributed by atoms with van der Waals surface area (Å²) < 4.78 is 4.88. The topological polar surface area (TPSA) is 80.7 Å². The average Bonchev–Trinajstić information content (AvgIpc) is 2.91. The van der Waals surface area contributed by atoms with E-state index in [1.165, 1.54) is 6.92 Å². The SMILES string of the molecule is CCC1=C[C@@H](O)CC1=O.CCC1=C[C@H](OC(C)=O)CC1=O. The molecule has 0 aromatic heterocycles. The van der Waals surface area contributed by atoms with Crippen molar-refractivity contribution in [2.75, 3.05) is 0 Å². The molecule has 21 heavy (non-hydrogen) atoms. The van der Waals surface area contributed by atoms with Crippen LogP contribution in [0.3, 0.4) is 0 Å². The number of rotatable bonds is 3. The number of esters is 1. The number of allylic oxidation sites excluding steroid dienone is 2. The Morgan fingerprint density at radius 2 is 1.67 bits per heavy atom.